The first kappa shape index (κ1) is 13.6. The minimum absolute atomic E-state index is 0.222. The highest BCUT2D eigenvalue weighted by atomic mass is 35.5. The summed E-state index contributed by atoms with van der Waals surface area (Å²) in [4.78, 5) is 11.3. The summed E-state index contributed by atoms with van der Waals surface area (Å²) in [5, 5.41) is 3.62. The van der Waals surface area contributed by atoms with Gasteiger partial charge in [0.15, 0.2) is 0 Å². The molecular formula is C12H18ClN3O. The Labute approximate surface area is 106 Å². The van der Waals surface area contributed by atoms with Gasteiger partial charge in [-0.3, -0.25) is 4.79 Å². The van der Waals surface area contributed by atoms with Gasteiger partial charge in [0.1, 0.15) is 0 Å². The monoisotopic (exact) mass is 255 g/mol. The van der Waals surface area contributed by atoms with Crippen LogP contribution >= 0.6 is 11.6 Å². The highest BCUT2D eigenvalue weighted by Gasteiger charge is 2.14. The molecule has 0 aliphatic carbocycles. The predicted octanol–water partition coefficient (Wildman–Crippen LogP) is 2.62. The van der Waals surface area contributed by atoms with Crippen LogP contribution in [0, 0.1) is 0 Å². The number of carbonyl (C=O) groups excluding carboxylic acids is 1. The van der Waals surface area contributed by atoms with E-state index in [4.69, 9.17) is 23.1 Å². The van der Waals surface area contributed by atoms with Gasteiger partial charge in [-0.2, -0.15) is 0 Å². The van der Waals surface area contributed by atoms with E-state index in [-0.39, 0.29) is 6.04 Å². The van der Waals surface area contributed by atoms with Gasteiger partial charge in [0.2, 0.25) is 0 Å². The molecule has 0 heterocycles. The van der Waals surface area contributed by atoms with E-state index in [0.29, 0.717) is 22.0 Å². The number of halogens is 1. The van der Waals surface area contributed by atoms with E-state index < -0.39 is 5.91 Å². The van der Waals surface area contributed by atoms with Gasteiger partial charge in [0, 0.05) is 11.7 Å². The topological polar surface area (TPSA) is 81.1 Å². The number of nitrogens with one attached hydrogen (secondary N) is 1. The van der Waals surface area contributed by atoms with E-state index in [1.54, 1.807) is 6.07 Å². The lowest BCUT2D eigenvalue weighted by Gasteiger charge is -2.18. The molecule has 94 valence electrons. The van der Waals surface area contributed by atoms with E-state index in [2.05, 4.69) is 12.2 Å². The Morgan fingerprint density at radius 2 is 2.18 bits per heavy atom. The average molecular weight is 256 g/mol. The van der Waals surface area contributed by atoms with Crippen LogP contribution in [0.25, 0.3) is 0 Å². The maximum Gasteiger partial charge on any atom is 0.250 e. The van der Waals surface area contributed by atoms with Crippen molar-refractivity contribution in [2.75, 3.05) is 11.1 Å². The van der Waals surface area contributed by atoms with Crippen molar-refractivity contribution in [1.82, 2.24) is 0 Å². The number of hydrogen-bond acceptors (Lipinski definition) is 3. The van der Waals surface area contributed by atoms with Crippen molar-refractivity contribution in [2.45, 2.75) is 32.7 Å². The van der Waals surface area contributed by atoms with Crippen LogP contribution in [0.5, 0.6) is 0 Å². The molecule has 0 aliphatic rings. The average Bonchev–Trinajstić information content (AvgIpc) is 2.21. The van der Waals surface area contributed by atoms with E-state index in [9.17, 15) is 4.79 Å². The van der Waals surface area contributed by atoms with Crippen molar-refractivity contribution in [1.29, 1.82) is 0 Å². The SMILES string of the molecule is CCCC(C)Nc1c(Cl)cc(N)cc1C(N)=O. The lowest BCUT2D eigenvalue weighted by atomic mass is 10.1. The molecule has 0 bridgehead atoms. The van der Waals surface area contributed by atoms with Crippen molar-refractivity contribution in [3.8, 4) is 0 Å². The standard InChI is InChI=1S/C12H18ClN3O/c1-3-4-7(2)16-11-9(12(15)17)5-8(14)6-10(11)13/h5-7,16H,3-4,14H2,1-2H3,(H2,15,17). The van der Waals surface area contributed by atoms with Gasteiger partial charge in [-0.25, -0.2) is 0 Å². The van der Waals surface area contributed by atoms with Crippen LogP contribution in [0.15, 0.2) is 12.1 Å². The van der Waals surface area contributed by atoms with Crippen molar-refractivity contribution < 1.29 is 4.79 Å². The van der Waals surface area contributed by atoms with Crippen LogP contribution < -0.4 is 16.8 Å². The van der Waals surface area contributed by atoms with Crippen LogP contribution in [0.1, 0.15) is 37.0 Å². The summed E-state index contributed by atoms with van der Waals surface area (Å²) in [6, 6.07) is 3.36. The van der Waals surface area contributed by atoms with Gasteiger partial charge in [0.25, 0.3) is 5.91 Å². The van der Waals surface area contributed by atoms with E-state index in [1.807, 2.05) is 6.92 Å². The number of anilines is 2. The fraction of sp³-hybridized carbons (Fsp3) is 0.417. The summed E-state index contributed by atoms with van der Waals surface area (Å²) >= 11 is 6.07. The third-order valence-corrected chi connectivity index (χ3v) is 2.79. The molecule has 0 fully saturated rings. The molecule has 5 N–H and O–H groups in total. The predicted molar refractivity (Wildman–Crippen MR) is 72.4 cm³/mol. The van der Waals surface area contributed by atoms with Gasteiger partial charge in [0.05, 0.1) is 16.3 Å². The zero-order chi connectivity index (χ0) is 13.0. The first-order valence-corrected chi connectivity index (χ1v) is 5.98. The quantitative estimate of drug-likeness (QED) is 0.708. The van der Waals surface area contributed by atoms with Gasteiger partial charge in [-0.05, 0) is 25.5 Å². The number of nitrogen functional groups attached to an aromatic ring is 1. The maximum atomic E-state index is 11.3. The number of hydrogen-bond donors (Lipinski definition) is 3. The van der Waals surface area contributed by atoms with Crippen molar-refractivity contribution in [3.63, 3.8) is 0 Å². The Balaban J connectivity index is 3.08. The molecule has 4 nitrogen and oxygen atoms in total. The van der Waals surface area contributed by atoms with E-state index in [0.717, 1.165) is 12.8 Å². The Hall–Kier alpha value is -1.42. The number of nitrogens with two attached hydrogens (primary N) is 2. The largest absolute Gasteiger partial charge is 0.399 e. The number of rotatable bonds is 5. The van der Waals surface area contributed by atoms with Crippen molar-refractivity contribution >= 4 is 28.9 Å². The van der Waals surface area contributed by atoms with Gasteiger partial charge >= 0.3 is 0 Å². The molecule has 0 saturated heterocycles. The van der Waals surface area contributed by atoms with E-state index >= 15 is 0 Å². The molecule has 1 aromatic carbocycles. The Morgan fingerprint density at radius 3 is 2.71 bits per heavy atom. The van der Waals surface area contributed by atoms with Crippen LogP contribution in [0.3, 0.4) is 0 Å². The summed E-state index contributed by atoms with van der Waals surface area (Å²) < 4.78 is 0. The smallest absolute Gasteiger partial charge is 0.250 e. The van der Waals surface area contributed by atoms with E-state index in [1.165, 1.54) is 6.07 Å². The first-order chi connectivity index (χ1) is 7.95. The highest BCUT2D eigenvalue weighted by molar-refractivity contribution is 6.34. The van der Waals surface area contributed by atoms with Gasteiger partial charge in [-0.1, -0.05) is 24.9 Å². The molecule has 0 radical (unpaired) electrons. The number of carbonyl (C=O) groups is 1. The highest BCUT2D eigenvalue weighted by Crippen LogP contribution is 2.29. The minimum atomic E-state index is -0.537. The van der Waals surface area contributed by atoms with Crippen LogP contribution in [0.2, 0.25) is 5.02 Å². The molecule has 0 aliphatic heterocycles. The van der Waals surface area contributed by atoms with Crippen LogP contribution in [0.4, 0.5) is 11.4 Å². The Kier molecular flexibility index (Phi) is 4.63. The summed E-state index contributed by atoms with van der Waals surface area (Å²) in [6.45, 7) is 4.12. The molecule has 0 spiro atoms. The lowest BCUT2D eigenvalue weighted by molar-refractivity contribution is 0.100. The second kappa shape index (κ2) is 5.77. The summed E-state index contributed by atoms with van der Waals surface area (Å²) in [5.41, 5.74) is 12.3. The molecule has 0 saturated carbocycles. The fourth-order valence-electron chi connectivity index (χ4n) is 1.72. The van der Waals surface area contributed by atoms with Crippen LogP contribution in [-0.2, 0) is 0 Å². The third-order valence-electron chi connectivity index (χ3n) is 2.49. The fourth-order valence-corrected chi connectivity index (χ4v) is 2.00. The molecule has 1 amide bonds. The Morgan fingerprint density at radius 1 is 1.53 bits per heavy atom. The van der Waals surface area contributed by atoms with Gasteiger partial charge in [-0.15, -0.1) is 0 Å². The molecule has 17 heavy (non-hydrogen) atoms. The second-order valence-electron chi connectivity index (χ2n) is 4.12. The number of primary amides is 1. The minimum Gasteiger partial charge on any atom is -0.399 e. The second-order valence-corrected chi connectivity index (χ2v) is 4.53. The molecule has 0 aromatic heterocycles. The third kappa shape index (κ3) is 3.53. The molecule has 1 aromatic rings. The normalized spacial score (nSPS) is 12.2. The summed E-state index contributed by atoms with van der Waals surface area (Å²) in [6.07, 6.45) is 2.03. The first-order valence-electron chi connectivity index (χ1n) is 5.61. The van der Waals surface area contributed by atoms with Gasteiger partial charge < -0.3 is 16.8 Å². The van der Waals surface area contributed by atoms with Crippen LogP contribution in [-0.4, -0.2) is 11.9 Å². The zero-order valence-electron chi connectivity index (χ0n) is 10.1. The number of amides is 1. The molecular weight excluding hydrogens is 238 g/mol. The summed E-state index contributed by atoms with van der Waals surface area (Å²) in [5.74, 6) is -0.537. The molecule has 1 unspecified atom stereocenters. The molecule has 5 heteroatoms. The molecule has 1 rings (SSSR count). The summed E-state index contributed by atoms with van der Waals surface area (Å²) in [7, 11) is 0. The zero-order valence-corrected chi connectivity index (χ0v) is 10.8. The lowest BCUT2D eigenvalue weighted by Crippen LogP contribution is -2.20. The van der Waals surface area contributed by atoms with Crippen molar-refractivity contribution in [3.05, 3.63) is 22.7 Å². The maximum absolute atomic E-state index is 11.3. The Bertz CT molecular complexity index is 420. The molecule has 1 atom stereocenters. The van der Waals surface area contributed by atoms with Crippen molar-refractivity contribution in [2.24, 2.45) is 5.73 Å². The number of benzene rings is 1.